The van der Waals surface area contributed by atoms with E-state index in [4.69, 9.17) is 4.99 Å². The zero-order chi connectivity index (χ0) is 20.0. The Morgan fingerprint density at radius 3 is 2.52 bits per heavy atom. The van der Waals surface area contributed by atoms with E-state index >= 15 is 0 Å². The molecule has 1 aromatic rings. The van der Waals surface area contributed by atoms with E-state index in [-0.39, 0.29) is 5.92 Å². The van der Waals surface area contributed by atoms with Crippen LogP contribution in [-0.4, -0.2) is 62.3 Å². The molecule has 3 nitrogen and oxygen atoms in total. The Labute approximate surface area is 164 Å². The number of halogens is 1. The molecule has 0 bridgehead atoms. The topological polar surface area (TPSA) is 28.0 Å². The molecule has 0 spiro atoms. The SMILES string of the molecule is B=C(C)C(=C)C(CC1CCN(CC)CC1F)=NC(=NC)c1ccc(C)cc1. The van der Waals surface area contributed by atoms with Gasteiger partial charge in [0, 0.05) is 0 Å². The third-order valence-electron chi connectivity index (χ3n) is 5.29. The minimum absolute atomic E-state index is 0.0428. The van der Waals surface area contributed by atoms with Gasteiger partial charge in [0.2, 0.25) is 0 Å². The fourth-order valence-corrected chi connectivity index (χ4v) is 3.34. The van der Waals surface area contributed by atoms with E-state index in [1.807, 2.05) is 38.1 Å². The number of amidine groups is 1. The third kappa shape index (κ3) is 5.80. The average molecular weight is 367 g/mol. The van der Waals surface area contributed by atoms with Crippen molar-refractivity contribution in [2.75, 3.05) is 26.7 Å². The fraction of sp³-hybridized carbons (Fsp3) is 0.500. The molecule has 1 fully saturated rings. The van der Waals surface area contributed by atoms with Gasteiger partial charge in [0.25, 0.3) is 0 Å². The van der Waals surface area contributed by atoms with Gasteiger partial charge in [-0.1, -0.05) is 0 Å². The van der Waals surface area contributed by atoms with E-state index in [0.717, 1.165) is 41.8 Å². The fourth-order valence-electron chi connectivity index (χ4n) is 3.34. The van der Waals surface area contributed by atoms with Crippen molar-refractivity contribution in [3.63, 3.8) is 0 Å². The first-order chi connectivity index (χ1) is 12.8. The summed E-state index contributed by atoms with van der Waals surface area (Å²) in [7, 11) is 5.74. The van der Waals surface area contributed by atoms with E-state index in [1.165, 1.54) is 5.56 Å². The van der Waals surface area contributed by atoms with Gasteiger partial charge in [-0.2, -0.15) is 0 Å². The molecule has 27 heavy (non-hydrogen) atoms. The number of hydrogen-bond acceptors (Lipinski definition) is 2. The van der Waals surface area contributed by atoms with E-state index in [9.17, 15) is 4.39 Å². The molecule has 144 valence electrons. The molecule has 2 unspecified atom stereocenters. The summed E-state index contributed by atoms with van der Waals surface area (Å²) in [5.74, 6) is 0.604. The number of aryl methyl sites for hydroxylation is 1. The number of alkyl halides is 1. The van der Waals surface area contributed by atoms with E-state index in [1.54, 1.807) is 7.05 Å². The first-order valence-electron chi connectivity index (χ1n) is 9.68. The number of piperidine rings is 1. The van der Waals surface area contributed by atoms with Crippen molar-refractivity contribution in [3.05, 3.63) is 47.5 Å². The molecule has 0 amide bonds. The van der Waals surface area contributed by atoms with Crippen LogP contribution in [0.15, 0.2) is 46.4 Å². The maximum absolute atomic E-state index is 14.7. The first-order valence-corrected chi connectivity index (χ1v) is 9.68. The van der Waals surface area contributed by atoms with Crippen molar-refractivity contribution in [1.82, 2.24) is 4.90 Å². The van der Waals surface area contributed by atoms with Crippen LogP contribution in [0.2, 0.25) is 0 Å². The predicted molar refractivity (Wildman–Crippen MR) is 118 cm³/mol. The van der Waals surface area contributed by atoms with Gasteiger partial charge in [-0.15, -0.1) is 0 Å². The van der Waals surface area contributed by atoms with Gasteiger partial charge in [-0.3, -0.25) is 0 Å². The van der Waals surface area contributed by atoms with Crippen LogP contribution in [0.25, 0.3) is 0 Å². The Kier molecular flexibility index (Phi) is 7.84. The van der Waals surface area contributed by atoms with Crippen LogP contribution >= 0.6 is 0 Å². The number of benzene rings is 1. The molecule has 0 aromatic heterocycles. The summed E-state index contributed by atoms with van der Waals surface area (Å²) in [5, 5.41) is 0. The molecule has 1 aliphatic heterocycles. The average Bonchev–Trinajstić information content (AvgIpc) is 2.66. The summed E-state index contributed by atoms with van der Waals surface area (Å²) in [4.78, 5) is 11.3. The summed E-state index contributed by atoms with van der Waals surface area (Å²) in [5.41, 5.74) is 4.57. The summed E-state index contributed by atoms with van der Waals surface area (Å²) >= 11 is 0. The summed E-state index contributed by atoms with van der Waals surface area (Å²) in [6, 6.07) is 8.11. The van der Waals surface area contributed by atoms with Crippen LogP contribution in [0.4, 0.5) is 4.39 Å². The number of aliphatic imine (C=N–C) groups is 2. The molecule has 2 atom stereocenters. The summed E-state index contributed by atoms with van der Waals surface area (Å²) < 4.78 is 14.7. The molecule has 5 heteroatoms. The molecule has 1 saturated heterocycles. The zero-order valence-electron chi connectivity index (χ0n) is 17.1. The number of hydrogen-bond donors (Lipinski definition) is 0. The summed E-state index contributed by atoms with van der Waals surface area (Å²) in [6.45, 7) is 12.5. The molecule has 2 rings (SSSR count). The maximum atomic E-state index is 14.7. The minimum atomic E-state index is -0.844. The summed E-state index contributed by atoms with van der Waals surface area (Å²) in [6.07, 6.45) is 0.554. The van der Waals surface area contributed by atoms with Crippen LogP contribution in [0.1, 0.15) is 37.8 Å². The molecule has 1 aromatic carbocycles. The molecule has 1 aliphatic rings. The quantitative estimate of drug-likeness (QED) is 0.430. The van der Waals surface area contributed by atoms with E-state index in [2.05, 4.69) is 30.9 Å². The predicted octanol–water partition coefficient (Wildman–Crippen LogP) is 3.53. The second-order valence-corrected chi connectivity index (χ2v) is 7.39. The van der Waals surface area contributed by atoms with Crippen LogP contribution in [0.3, 0.4) is 0 Å². The Bertz CT molecular complexity index is 736. The Morgan fingerprint density at radius 2 is 2.00 bits per heavy atom. The Balaban J connectivity index is 2.28. The van der Waals surface area contributed by atoms with Gasteiger partial charge in [-0.25, -0.2) is 0 Å². The van der Waals surface area contributed by atoms with Gasteiger partial charge in [0.15, 0.2) is 0 Å². The monoisotopic (exact) mass is 367 g/mol. The molecule has 0 saturated carbocycles. The van der Waals surface area contributed by atoms with Crippen LogP contribution < -0.4 is 0 Å². The van der Waals surface area contributed by atoms with Gasteiger partial charge in [-0.05, 0) is 0 Å². The van der Waals surface area contributed by atoms with Crippen LogP contribution in [0.5, 0.6) is 0 Å². The number of allylic oxidation sites excluding steroid dienone is 1. The zero-order valence-corrected chi connectivity index (χ0v) is 17.1. The number of rotatable bonds is 6. The van der Waals surface area contributed by atoms with Crippen LogP contribution in [-0.2, 0) is 0 Å². The molecule has 0 aliphatic carbocycles. The molecule has 0 N–H and O–H groups in total. The molecular formula is C22H31BFN3. The van der Waals surface area contributed by atoms with Crippen molar-refractivity contribution in [3.8, 4) is 0 Å². The van der Waals surface area contributed by atoms with Crippen molar-refractivity contribution in [1.29, 1.82) is 0 Å². The van der Waals surface area contributed by atoms with Gasteiger partial charge in [0.1, 0.15) is 0 Å². The van der Waals surface area contributed by atoms with Gasteiger partial charge in [0.05, 0.1) is 0 Å². The van der Waals surface area contributed by atoms with E-state index < -0.39 is 6.17 Å². The van der Waals surface area contributed by atoms with Crippen molar-refractivity contribution >= 4 is 24.5 Å². The second kappa shape index (κ2) is 9.89. The second-order valence-electron chi connectivity index (χ2n) is 7.39. The van der Waals surface area contributed by atoms with Crippen LogP contribution in [0, 0.1) is 12.8 Å². The van der Waals surface area contributed by atoms with Gasteiger partial charge >= 0.3 is 164 Å². The van der Waals surface area contributed by atoms with Crippen molar-refractivity contribution in [2.45, 2.75) is 39.8 Å². The van der Waals surface area contributed by atoms with Crippen molar-refractivity contribution in [2.24, 2.45) is 15.9 Å². The molecule has 1 heterocycles. The van der Waals surface area contributed by atoms with Crippen molar-refractivity contribution < 1.29 is 4.39 Å². The Morgan fingerprint density at radius 1 is 1.33 bits per heavy atom. The third-order valence-corrected chi connectivity index (χ3v) is 5.29. The number of likely N-dealkylation sites (tertiary alicyclic amines) is 1. The van der Waals surface area contributed by atoms with Gasteiger partial charge < -0.3 is 0 Å². The standard InChI is InChI=1S/C22H31BFN3/c1-6-27-12-11-19(20(24)14-27)13-21(16(3)17(4)23)26-22(25-5)18-9-7-15(2)8-10-18/h7-10,19-20,23H,3,6,11-14H2,1-2,4-5H3. The molecule has 0 radical (unpaired) electrons. The molecular weight excluding hydrogens is 336 g/mol. The first kappa shape index (κ1) is 21.4. The van der Waals surface area contributed by atoms with E-state index in [0.29, 0.717) is 18.8 Å². The Hall–Kier alpha value is -1.88. The number of nitrogens with zero attached hydrogens (tertiary/aromatic N) is 3. The normalized spacial score (nSPS) is 21.9.